The molecule has 92 valence electrons. The van der Waals surface area contributed by atoms with Gasteiger partial charge in [0.1, 0.15) is 0 Å². The molecule has 2 rings (SSSR count). The summed E-state index contributed by atoms with van der Waals surface area (Å²) in [5.74, 6) is -0.287. The number of anilines is 4. The van der Waals surface area contributed by atoms with Crippen LogP contribution in [0.25, 0.3) is 0 Å². The third kappa shape index (κ3) is 2.06. The standard InChI is InChI=1S/C13H14N4O/c14-7-1-3-11(16)9(5-7)13(18)10-6-8(15)2-4-12(10)17/h1-6H,14-17H2. The summed E-state index contributed by atoms with van der Waals surface area (Å²) >= 11 is 0. The zero-order chi connectivity index (χ0) is 13.3. The zero-order valence-electron chi connectivity index (χ0n) is 9.68. The first-order chi connectivity index (χ1) is 8.49. The fourth-order valence-electron chi connectivity index (χ4n) is 1.69. The van der Waals surface area contributed by atoms with Gasteiger partial charge in [-0.05, 0) is 36.4 Å². The largest absolute Gasteiger partial charge is 0.399 e. The van der Waals surface area contributed by atoms with E-state index in [9.17, 15) is 4.79 Å². The molecule has 0 unspecified atom stereocenters. The number of nitrogens with two attached hydrogens (primary N) is 4. The number of hydrogen-bond acceptors (Lipinski definition) is 5. The van der Waals surface area contributed by atoms with E-state index in [1.165, 1.54) is 12.1 Å². The number of carbonyl (C=O) groups is 1. The van der Waals surface area contributed by atoms with Crippen molar-refractivity contribution in [3.05, 3.63) is 47.5 Å². The Balaban J connectivity index is 2.54. The van der Waals surface area contributed by atoms with E-state index in [0.29, 0.717) is 33.9 Å². The van der Waals surface area contributed by atoms with Gasteiger partial charge in [0.05, 0.1) is 0 Å². The van der Waals surface area contributed by atoms with E-state index in [4.69, 9.17) is 22.9 Å². The van der Waals surface area contributed by atoms with Crippen LogP contribution in [-0.2, 0) is 0 Å². The minimum Gasteiger partial charge on any atom is -0.399 e. The van der Waals surface area contributed by atoms with Gasteiger partial charge < -0.3 is 22.9 Å². The van der Waals surface area contributed by atoms with Gasteiger partial charge in [-0.1, -0.05) is 0 Å². The van der Waals surface area contributed by atoms with Crippen LogP contribution in [0.2, 0.25) is 0 Å². The van der Waals surface area contributed by atoms with E-state index in [0.717, 1.165) is 0 Å². The number of carbonyl (C=O) groups excluding carboxylic acids is 1. The van der Waals surface area contributed by atoms with Crippen molar-refractivity contribution >= 4 is 28.5 Å². The Morgan fingerprint density at radius 3 is 1.50 bits per heavy atom. The first-order valence-electron chi connectivity index (χ1n) is 5.33. The minimum absolute atomic E-state index is 0.287. The van der Waals surface area contributed by atoms with Crippen molar-refractivity contribution in [2.75, 3.05) is 22.9 Å². The third-order valence-electron chi connectivity index (χ3n) is 2.64. The Kier molecular flexibility index (Phi) is 2.81. The lowest BCUT2D eigenvalue weighted by Gasteiger charge is -2.09. The van der Waals surface area contributed by atoms with Gasteiger partial charge in [0, 0.05) is 33.9 Å². The average molecular weight is 242 g/mol. The third-order valence-corrected chi connectivity index (χ3v) is 2.64. The monoisotopic (exact) mass is 242 g/mol. The summed E-state index contributed by atoms with van der Waals surface area (Å²) in [5, 5.41) is 0. The van der Waals surface area contributed by atoms with E-state index in [1.54, 1.807) is 24.3 Å². The Hall–Kier alpha value is -2.69. The van der Waals surface area contributed by atoms with Gasteiger partial charge in [-0.25, -0.2) is 0 Å². The molecule has 0 aromatic heterocycles. The molecular weight excluding hydrogens is 228 g/mol. The van der Waals surface area contributed by atoms with Crippen LogP contribution >= 0.6 is 0 Å². The summed E-state index contributed by atoms with van der Waals surface area (Å²) in [5.41, 5.74) is 25.1. The Labute approximate surface area is 104 Å². The number of nitrogen functional groups attached to an aromatic ring is 4. The molecule has 5 nitrogen and oxygen atoms in total. The second kappa shape index (κ2) is 4.29. The van der Waals surface area contributed by atoms with Crippen molar-refractivity contribution in [1.82, 2.24) is 0 Å². The first kappa shape index (κ1) is 11.8. The van der Waals surface area contributed by atoms with Crippen LogP contribution < -0.4 is 22.9 Å². The van der Waals surface area contributed by atoms with Crippen molar-refractivity contribution < 1.29 is 4.79 Å². The van der Waals surface area contributed by atoms with Crippen LogP contribution in [0, 0.1) is 0 Å². The molecule has 0 radical (unpaired) electrons. The van der Waals surface area contributed by atoms with Crippen LogP contribution in [0.4, 0.5) is 22.7 Å². The summed E-state index contributed by atoms with van der Waals surface area (Å²) in [6.45, 7) is 0. The SMILES string of the molecule is Nc1ccc(N)c(C(=O)c2cc(N)ccc2N)c1. The lowest BCUT2D eigenvalue weighted by molar-refractivity contribution is 0.104. The fraction of sp³-hybridized carbons (Fsp3) is 0. The molecule has 0 amide bonds. The lowest BCUT2D eigenvalue weighted by Crippen LogP contribution is -2.09. The van der Waals surface area contributed by atoms with Gasteiger partial charge in [-0.15, -0.1) is 0 Å². The molecule has 0 saturated carbocycles. The maximum Gasteiger partial charge on any atom is 0.197 e. The normalized spacial score (nSPS) is 10.2. The quantitative estimate of drug-likeness (QED) is 0.466. The van der Waals surface area contributed by atoms with Crippen molar-refractivity contribution in [3.8, 4) is 0 Å². The van der Waals surface area contributed by atoms with E-state index in [-0.39, 0.29) is 5.78 Å². The van der Waals surface area contributed by atoms with E-state index in [1.807, 2.05) is 0 Å². The average Bonchev–Trinajstić information content (AvgIpc) is 2.34. The maximum atomic E-state index is 12.3. The topological polar surface area (TPSA) is 121 Å². The highest BCUT2D eigenvalue weighted by Crippen LogP contribution is 2.24. The maximum absolute atomic E-state index is 12.3. The van der Waals surface area contributed by atoms with E-state index >= 15 is 0 Å². The molecule has 0 heterocycles. The van der Waals surface area contributed by atoms with Gasteiger partial charge in [-0.2, -0.15) is 0 Å². The second-order valence-corrected chi connectivity index (χ2v) is 4.02. The molecule has 0 fully saturated rings. The smallest absolute Gasteiger partial charge is 0.197 e. The molecule has 8 N–H and O–H groups in total. The fourth-order valence-corrected chi connectivity index (χ4v) is 1.69. The highest BCUT2D eigenvalue weighted by molar-refractivity contribution is 6.15. The minimum atomic E-state index is -0.287. The zero-order valence-corrected chi connectivity index (χ0v) is 9.68. The number of rotatable bonds is 2. The molecule has 0 saturated heterocycles. The van der Waals surface area contributed by atoms with Gasteiger partial charge in [0.15, 0.2) is 5.78 Å². The first-order valence-corrected chi connectivity index (χ1v) is 5.33. The predicted molar refractivity (Wildman–Crippen MR) is 74.0 cm³/mol. The van der Waals surface area contributed by atoms with Crippen LogP contribution in [0.3, 0.4) is 0 Å². The summed E-state index contributed by atoms with van der Waals surface area (Å²) in [6, 6.07) is 9.50. The molecule has 0 bridgehead atoms. The van der Waals surface area contributed by atoms with Crippen LogP contribution in [-0.4, -0.2) is 5.78 Å². The Bertz CT molecular complexity index is 569. The molecule has 18 heavy (non-hydrogen) atoms. The van der Waals surface area contributed by atoms with Crippen molar-refractivity contribution in [3.63, 3.8) is 0 Å². The van der Waals surface area contributed by atoms with E-state index in [2.05, 4.69) is 0 Å². The summed E-state index contributed by atoms with van der Waals surface area (Å²) in [4.78, 5) is 12.3. The summed E-state index contributed by atoms with van der Waals surface area (Å²) in [6.07, 6.45) is 0. The van der Waals surface area contributed by atoms with Crippen LogP contribution in [0.15, 0.2) is 36.4 Å². The van der Waals surface area contributed by atoms with Crippen molar-refractivity contribution in [1.29, 1.82) is 0 Å². The van der Waals surface area contributed by atoms with Crippen molar-refractivity contribution in [2.24, 2.45) is 0 Å². The van der Waals surface area contributed by atoms with Gasteiger partial charge in [0.25, 0.3) is 0 Å². The van der Waals surface area contributed by atoms with Crippen LogP contribution in [0.1, 0.15) is 15.9 Å². The number of hydrogen-bond donors (Lipinski definition) is 4. The molecule has 2 aromatic rings. The lowest BCUT2D eigenvalue weighted by atomic mass is 9.99. The van der Waals surface area contributed by atoms with Gasteiger partial charge in [-0.3, -0.25) is 4.79 Å². The predicted octanol–water partition coefficient (Wildman–Crippen LogP) is 1.25. The number of benzene rings is 2. The Morgan fingerprint density at radius 1 is 0.722 bits per heavy atom. The molecule has 0 spiro atoms. The summed E-state index contributed by atoms with van der Waals surface area (Å²) < 4.78 is 0. The van der Waals surface area contributed by atoms with Gasteiger partial charge in [0.2, 0.25) is 0 Å². The molecule has 0 aliphatic rings. The van der Waals surface area contributed by atoms with E-state index < -0.39 is 0 Å². The summed E-state index contributed by atoms with van der Waals surface area (Å²) in [7, 11) is 0. The molecule has 5 heteroatoms. The number of ketones is 1. The molecule has 0 atom stereocenters. The molecular formula is C13H14N4O. The Morgan fingerprint density at radius 2 is 1.11 bits per heavy atom. The second-order valence-electron chi connectivity index (χ2n) is 4.02. The highest BCUT2D eigenvalue weighted by Gasteiger charge is 2.15. The molecule has 2 aromatic carbocycles. The highest BCUT2D eigenvalue weighted by atomic mass is 16.1. The van der Waals surface area contributed by atoms with Gasteiger partial charge >= 0.3 is 0 Å². The van der Waals surface area contributed by atoms with Crippen molar-refractivity contribution in [2.45, 2.75) is 0 Å². The van der Waals surface area contributed by atoms with Crippen LogP contribution in [0.5, 0.6) is 0 Å². The molecule has 0 aliphatic heterocycles. The molecule has 0 aliphatic carbocycles.